The van der Waals surface area contributed by atoms with Gasteiger partial charge in [-0.25, -0.2) is 0 Å². The van der Waals surface area contributed by atoms with Crippen LogP contribution in [0.25, 0.3) is 0 Å². The zero-order chi connectivity index (χ0) is 30.1. The number of ether oxygens (including phenoxy) is 3. The fraction of sp³-hybridized carbons (Fsp3) is 0.844. The number of quaternary nitrogens is 1. The summed E-state index contributed by atoms with van der Waals surface area (Å²) in [6.07, 6.45) is 21.6. The Labute approximate surface area is 244 Å². The molecule has 40 heavy (non-hydrogen) atoms. The van der Waals surface area contributed by atoms with Crippen LogP contribution in [0.4, 0.5) is 0 Å². The fourth-order valence-electron chi connectivity index (χ4n) is 4.40. The SMILES string of the molecule is CCCCCCCCC/C=C\CCCCCCCC(=O)OC(COCCC(C(=O)[O-])[N+](C)(C)C)COC(=O)CC. The van der Waals surface area contributed by atoms with Crippen molar-refractivity contribution in [3.63, 3.8) is 0 Å². The van der Waals surface area contributed by atoms with E-state index in [1.165, 1.54) is 57.8 Å². The van der Waals surface area contributed by atoms with Crippen LogP contribution >= 0.6 is 0 Å². The van der Waals surface area contributed by atoms with Crippen LogP contribution in [0.2, 0.25) is 0 Å². The molecule has 0 amide bonds. The summed E-state index contributed by atoms with van der Waals surface area (Å²) in [4.78, 5) is 35.3. The summed E-state index contributed by atoms with van der Waals surface area (Å²) >= 11 is 0. The van der Waals surface area contributed by atoms with Crippen LogP contribution in [0.15, 0.2) is 12.2 Å². The van der Waals surface area contributed by atoms with Crippen LogP contribution in [0.5, 0.6) is 0 Å². The molecule has 0 aromatic carbocycles. The molecule has 2 unspecified atom stereocenters. The lowest BCUT2D eigenvalue weighted by molar-refractivity contribution is -0.889. The molecule has 0 fully saturated rings. The Balaban J connectivity index is 4.08. The Hall–Kier alpha value is -1.93. The van der Waals surface area contributed by atoms with Crippen molar-refractivity contribution in [2.75, 3.05) is 41.0 Å². The van der Waals surface area contributed by atoms with Gasteiger partial charge in [0.15, 0.2) is 6.10 Å². The Morgan fingerprint density at radius 1 is 0.750 bits per heavy atom. The van der Waals surface area contributed by atoms with Crippen molar-refractivity contribution >= 4 is 17.9 Å². The zero-order valence-electron chi connectivity index (χ0n) is 26.3. The lowest BCUT2D eigenvalue weighted by Crippen LogP contribution is -2.55. The first-order valence-corrected chi connectivity index (χ1v) is 15.7. The van der Waals surface area contributed by atoms with E-state index in [0.717, 1.165) is 32.1 Å². The molecule has 0 aliphatic rings. The van der Waals surface area contributed by atoms with Gasteiger partial charge in [-0.05, 0) is 32.1 Å². The largest absolute Gasteiger partial charge is 0.544 e. The number of likely N-dealkylation sites (N-methyl/N-ethyl adjacent to an activating group) is 1. The summed E-state index contributed by atoms with van der Waals surface area (Å²) in [6, 6.07) is -0.718. The molecule has 0 saturated heterocycles. The first kappa shape index (κ1) is 38.1. The second-order valence-electron chi connectivity index (χ2n) is 11.7. The van der Waals surface area contributed by atoms with Gasteiger partial charge in [-0.2, -0.15) is 0 Å². The minimum Gasteiger partial charge on any atom is -0.544 e. The molecule has 0 aromatic heterocycles. The third-order valence-electron chi connectivity index (χ3n) is 6.96. The molecule has 0 N–H and O–H groups in total. The van der Waals surface area contributed by atoms with E-state index in [9.17, 15) is 19.5 Å². The predicted octanol–water partition coefficient (Wildman–Crippen LogP) is 5.51. The molecule has 0 aliphatic carbocycles. The molecule has 0 rings (SSSR count). The van der Waals surface area contributed by atoms with E-state index in [1.54, 1.807) is 28.1 Å². The Kier molecular flexibility index (Phi) is 23.6. The van der Waals surface area contributed by atoms with Gasteiger partial charge in [0.1, 0.15) is 12.6 Å². The molecule has 0 heterocycles. The molecule has 8 nitrogen and oxygen atoms in total. The quantitative estimate of drug-likeness (QED) is 0.0556. The number of nitrogens with zero attached hydrogens (tertiary/aromatic N) is 1. The van der Waals surface area contributed by atoms with Crippen LogP contribution in [-0.2, 0) is 28.6 Å². The standard InChI is InChI=1S/C32H59NO7/c1-6-8-9-10-11-12-13-14-15-16-17-18-19-20-21-22-23-31(35)40-28(27-39-30(34)7-2)26-38-25-24-29(32(36)37)33(3,4)5/h15-16,28-29H,6-14,17-27H2,1-5H3/b16-15-. The Morgan fingerprint density at radius 2 is 1.30 bits per heavy atom. The van der Waals surface area contributed by atoms with Crippen molar-refractivity contribution in [3.8, 4) is 0 Å². The summed E-state index contributed by atoms with van der Waals surface area (Å²) in [5.41, 5.74) is 0. The average Bonchev–Trinajstić information content (AvgIpc) is 2.89. The zero-order valence-corrected chi connectivity index (χ0v) is 26.3. The van der Waals surface area contributed by atoms with Gasteiger partial charge in [-0.1, -0.05) is 83.8 Å². The monoisotopic (exact) mass is 569 g/mol. The molecule has 0 spiro atoms. The number of aliphatic carboxylic acids is 1. The number of carbonyl (C=O) groups excluding carboxylic acids is 3. The number of allylic oxidation sites excluding steroid dienone is 2. The van der Waals surface area contributed by atoms with Crippen LogP contribution in [0, 0.1) is 0 Å². The smallest absolute Gasteiger partial charge is 0.306 e. The second kappa shape index (κ2) is 24.8. The van der Waals surface area contributed by atoms with E-state index in [2.05, 4.69) is 19.1 Å². The van der Waals surface area contributed by atoms with E-state index in [-0.39, 0.29) is 49.1 Å². The molecule has 0 aliphatic heterocycles. The number of carboxylic acid groups (broad SMARTS) is 1. The van der Waals surface area contributed by atoms with Crippen LogP contribution < -0.4 is 5.11 Å². The van der Waals surface area contributed by atoms with Crippen LogP contribution in [0.1, 0.15) is 123 Å². The number of unbranched alkanes of at least 4 members (excludes halogenated alkanes) is 12. The first-order chi connectivity index (χ1) is 19.1. The van der Waals surface area contributed by atoms with Crippen molar-refractivity contribution in [2.45, 2.75) is 135 Å². The van der Waals surface area contributed by atoms with Crippen molar-refractivity contribution in [3.05, 3.63) is 12.2 Å². The van der Waals surface area contributed by atoms with Crippen molar-refractivity contribution < 1.29 is 38.2 Å². The van der Waals surface area contributed by atoms with Gasteiger partial charge in [-0.15, -0.1) is 0 Å². The number of hydrogen-bond acceptors (Lipinski definition) is 7. The molecule has 8 heteroatoms. The first-order valence-electron chi connectivity index (χ1n) is 15.7. The molecule has 0 saturated carbocycles. The number of hydrogen-bond donors (Lipinski definition) is 0. The van der Waals surface area contributed by atoms with Crippen LogP contribution in [-0.4, -0.2) is 75.5 Å². The van der Waals surface area contributed by atoms with Gasteiger partial charge in [-0.3, -0.25) is 9.59 Å². The number of carboxylic acids is 1. The highest BCUT2D eigenvalue weighted by atomic mass is 16.6. The highest BCUT2D eigenvalue weighted by Crippen LogP contribution is 2.12. The second-order valence-corrected chi connectivity index (χ2v) is 11.7. The Morgan fingerprint density at radius 3 is 1.82 bits per heavy atom. The highest BCUT2D eigenvalue weighted by molar-refractivity contribution is 5.70. The lowest BCUT2D eigenvalue weighted by Gasteiger charge is -2.34. The van der Waals surface area contributed by atoms with E-state index in [1.807, 2.05) is 0 Å². The Bertz CT molecular complexity index is 687. The molecule has 2 atom stereocenters. The molecular weight excluding hydrogens is 510 g/mol. The molecule has 0 radical (unpaired) electrons. The van der Waals surface area contributed by atoms with E-state index >= 15 is 0 Å². The maximum atomic E-state index is 12.4. The summed E-state index contributed by atoms with van der Waals surface area (Å²) in [6.45, 7) is 4.07. The summed E-state index contributed by atoms with van der Waals surface area (Å²) < 4.78 is 16.5. The minimum absolute atomic E-state index is 0.0339. The molecule has 0 bridgehead atoms. The van der Waals surface area contributed by atoms with Crippen molar-refractivity contribution in [1.82, 2.24) is 0 Å². The molecule has 234 valence electrons. The number of rotatable bonds is 27. The lowest BCUT2D eigenvalue weighted by atomic mass is 10.1. The van der Waals surface area contributed by atoms with Gasteiger partial charge in [0.05, 0.1) is 40.3 Å². The summed E-state index contributed by atoms with van der Waals surface area (Å²) in [5, 5.41) is 11.4. The third-order valence-corrected chi connectivity index (χ3v) is 6.96. The molecular formula is C32H59NO7. The van der Waals surface area contributed by atoms with Gasteiger partial charge in [0.25, 0.3) is 0 Å². The topological polar surface area (TPSA) is 102 Å². The van der Waals surface area contributed by atoms with Crippen molar-refractivity contribution in [1.29, 1.82) is 0 Å². The van der Waals surface area contributed by atoms with Gasteiger partial charge < -0.3 is 28.6 Å². The molecule has 0 aromatic rings. The predicted molar refractivity (Wildman–Crippen MR) is 157 cm³/mol. The van der Waals surface area contributed by atoms with Crippen molar-refractivity contribution in [2.24, 2.45) is 0 Å². The maximum absolute atomic E-state index is 12.4. The van der Waals surface area contributed by atoms with Crippen LogP contribution in [0.3, 0.4) is 0 Å². The van der Waals surface area contributed by atoms with E-state index in [0.29, 0.717) is 6.42 Å². The highest BCUT2D eigenvalue weighted by Gasteiger charge is 2.25. The summed E-state index contributed by atoms with van der Waals surface area (Å²) in [5.74, 6) is -1.85. The normalized spacial score (nSPS) is 13.3. The third kappa shape index (κ3) is 22.8. The van der Waals surface area contributed by atoms with Gasteiger partial charge in [0, 0.05) is 19.3 Å². The fourth-order valence-corrected chi connectivity index (χ4v) is 4.40. The average molecular weight is 570 g/mol. The van der Waals surface area contributed by atoms with E-state index in [4.69, 9.17) is 14.2 Å². The minimum atomic E-state index is -1.13. The summed E-state index contributed by atoms with van der Waals surface area (Å²) in [7, 11) is 5.35. The van der Waals surface area contributed by atoms with E-state index < -0.39 is 18.1 Å². The van der Waals surface area contributed by atoms with Gasteiger partial charge in [0.2, 0.25) is 0 Å². The maximum Gasteiger partial charge on any atom is 0.306 e. The number of esters is 2. The van der Waals surface area contributed by atoms with Gasteiger partial charge >= 0.3 is 11.9 Å². The number of carbonyl (C=O) groups is 3.